The van der Waals surface area contributed by atoms with Gasteiger partial charge in [-0.25, -0.2) is 9.97 Å². The molecule has 29 heavy (non-hydrogen) atoms. The Morgan fingerprint density at radius 1 is 1.28 bits per heavy atom. The monoisotopic (exact) mass is 443 g/mol. The minimum atomic E-state index is -4.67. The first-order valence-electron chi connectivity index (χ1n) is 8.17. The van der Waals surface area contributed by atoms with E-state index in [1.807, 2.05) is 0 Å². The van der Waals surface area contributed by atoms with Crippen molar-refractivity contribution in [1.82, 2.24) is 20.2 Å². The van der Waals surface area contributed by atoms with E-state index in [0.717, 1.165) is 17.5 Å². The van der Waals surface area contributed by atoms with Gasteiger partial charge in [0.2, 0.25) is 0 Å². The predicted octanol–water partition coefficient (Wildman–Crippen LogP) is 4.56. The number of anilines is 1. The van der Waals surface area contributed by atoms with Gasteiger partial charge in [0.25, 0.3) is 5.91 Å². The standard InChI is InChI=1S/C17H13ClF3N5O2S/c1-8(2-12(27)9-4-24-25-5-9)16-23-7-13(29-16)15(28)26-14-3-10(17(19,20)21)11(18)6-22-14/h3-8H,2H2,1H3,(H,24,25)(H,22,26,28)/t8-/m0/s1. The number of aromatic nitrogens is 4. The normalized spacial score (nSPS) is 12.6. The molecule has 0 unspecified atom stereocenters. The lowest BCUT2D eigenvalue weighted by Crippen LogP contribution is -2.13. The van der Waals surface area contributed by atoms with Gasteiger partial charge in [-0.3, -0.25) is 14.7 Å². The van der Waals surface area contributed by atoms with Gasteiger partial charge >= 0.3 is 6.18 Å². The Bertz CT molecular complexity index is 1040. The molecule has 0 saturated carbocycles. The van der Waals surface area contributed by atoms with Crippen LogP contribution in [0.3, 0.4) is 0 Å². The van der Waals surface area contributed by atoms with Crippen molar-refractivity contribution in [3.05, 3.63) is 56.9 Å². The Hall–Kier alpha value is -2.79. The number of nitrogens with one attached hydrogen (secondary N) is 2. The van der Waals surface area contributed by atoms with Crippen molar-refractivity contribution >= 4 is 40.4 Å². The number of ketones is 1. The highest BCUT2D eigenvalue weighted by atomic mass is 35.5. The molecule has 0 radical (unpaired) electrons. The smallest absolute Gasteiger partial charge is 0.306 e. The number of H-pyrrole nitrogens is 1. The molecule has 3 rings (SSSR count). The molecular formula is C17H13ClF3N5O2S. The summed E-state index contributed by atoms with van der Waals surface area (Å²) < 4.78 is 38.8. The van der Waals surface area contributed by atoms with Gasteiger partial charge in [0.1, 0.15) is 10.7 Å². The van der Waals surface area contributed by atoms with Gasteiger partial charge in [0.05, 0.1) is 33.6 Å². The fourth-order valence-corrected chi connectivity index (χ4v) is 3.48. The maximum Gasteiger partial charge on any atom is 0.418 e. The summed E-state index contributed by atoms with van der Waals surface area (Å²) in [7, 11) is 0. The second kappa shape index (κ2) is 8.29. The highest BCUT2D eigenvalue weighted by Crippen LogP contribution is 2.35. The molecule has 3 aromatic rings. The third-order valence-electron chi connectivity index (χ3n) is 3.88. The van der Waals surface area contributed by atoms with Crippen LogP contribution in [0.25, 0.3) is 0 Å². The number of carbonyl (C=O) groups excluding carboxylic acids is 2. The number of hydrogen-bond acceptors (Lipinski definition) is 6. The number of nitrogens with zero attached hydrogens (tertiary/aromatic N) is 3. The van der Waals surface area contributed by atoms with Crippen molar-refractivity contribution in [2.45, 2.75) is 25.4 Å². The fraction of sp³-hybridized carbons (Fsp3) is 0.235. The van der Waals surface area contributed by atoms with Crippen molar-refractivity contribution in [1.29, 1.82) is 0 Å². The maximum atomic E-state index is 12.9. The summed E-state index contributed by atoms with van der Waals surface area (Å²) >= 11 is 6.56. The van der Waals surface area contributed by atoms with E-state index in [2.05, 4.69) is 25.5 Å². The molecule has 3 aromatic heterocycles. The molecule has 0 aliphatic heterocycles. The molecule has 152 valence electrons. The molecule has 0 saturated heterocycles. The summed E-state index contributed by atoms with van der Waals surface area (Å²) in [6.45, 7) is 1.79. The lowest BCUT2D eigenvalue weighted by atomic mass is 10.0. The van der Waals surface area contributed by atoms with Crippen LogP contribution in [0.1, 0.15) is 49.9 Å². The van der Waals surface area contributed by atoms with Crippen LogP contribution in [-0.2, 0) is 6.18 Å². The van der Waals surface area contributed by atoms with Gasteiger partial charge in [-0.2, -0.15) is 18.3 Å². The first-order valence-corrected chi connectivity index (χ1v) is 9.36. The molecule has 7 nitrogen and oxygen atoms in total. The van der Waals surface area contributed by atoms with Gasteiger partial charge in [0.15, 0.2) is 5.78 Å². The van der Waals surface area contributed by atoms with Gasteiger partial charge in [-0.05, 0) is 6.07 Å². The number of alkyl halides is 3. The zero-order chi connectivity index (χ0) is 21.2. The number of carbonyl (C=O) groups is 2. The van der Waals surface area contributed by atoms with Crippen molar-refractivity contribution in [3.8, 4) is 0 Å². The number of Topliss-reactive ketones (excluding diaryl/α,β-unsaturated/α-hetero) is 1. The fourth-order valence-electron chi connectivity index (χ4n) is 2.41. The van der Waals surface area contributed by atoms with E-state index in [0.29, 0.717) is 16.6 Å². The number of rotatable bonds is 6. The van der Waals surface area contributed by atoms with Crippen LogP contribution in [0.15, 0.2) is 30.9 Å². The van der Waals surface area contributed by atoms with E-state index >= 15 is 0 Å². The third kappa shape index (κ3) is 4.98. The van der Waals surface area contributed by atoms with Crippen LogP contribution >= 0.6 is 22.9 Å². The second-order valence-corrected chi connectivity index (χ2v) is 7.55. The summed E-state index contributed by atoms with van der Waals surface area (Å²) in [5, 5.41) is 8.56. The molecule has 0 fully saturated rings. The Kier molecular flexibility index (Phi) is 5.99. The third-order valence-corrected chi connectivity index (χ3v) is 5.41. The highest BCUT2D eigenvalue weighted by molar-refractivity contribution is 7.13. The lowest BCUT2D eigenvalue weighted by Gasteiger charge is -2.10. The Morgan fingerprint density at radius 2 is 2.03 bits per heavy atom. The van der Waals surface area contributed by atoms with Crippen LogP contribution < -0.4 is 5.32 Å². The molecule has 0 aliphatic rings. The molecule has 1 amide bonds. The van der Waals surface area contributed by atoms with Gasteiger partial charge in [-0.15, -0.1) is 11.3 Å². The minimum Gasteiger partial charge on any atom is -0.306 e. The van der Waals surface area contributed by atoms with Crippen molar-refractivity contribution < 1.29 is 22.8 Å². The molecular weight excluding hydrogens is 431 g/mol. The summed E-state index contributed by atoms with van der Waals surface area (Å²) in [4.78, 5) is 32.5. The largest absolute Gasteiger partial charge is 0.418 e. The number of halogens is 4. The van der Waals surface area contributed by atoms with E-state index in [1.165, 1.54) is 18.6 Å². The molecule has 12 heteroatoms. The summed E-state index contributed by atoms with van der Waals surface area (Å²) in [6, 6.07) is 0.661. The predicted molar refractivity (Wildman–Crippen MR) is 100 cm³/mol. The van der Waals surface area contributed by atoms with Crippen molar-refractivity contribution in [3.63, 3.8) is 0 Å². The summed E-state index contributed by atoms with van der Waals surface area (Å²) in [5.41, 5.74) is -0.651. The van der Waals surface area contributed by atoms with Crippen LogP contribution in [0.4, 0.5) is 19.0 Å². The Labute approximate surface area is 171 Å². The zero-order valence-corrected chi connectivity index (χ0v) is 16.3. The maximum absolute atomic E-state index is 12.9. The Balaban J connectivity index is 1.69. The average Bonchev–Trinajstić information content (AvgIpc) is 3.34. The summed E-state index contributed by atoms with van der Waals surface area (Å²) in [5.74, 6) is -1.33. The topological polar surface area (TPSA) is 101 Å². The van der Waals surface area contributed by atoms with Crippen molar-refractivity contribution in [2.75, 3.05) is 5.32 Å². The number of thiazole rings is 1. The molecule has 0 aliphatic carbocycles. The Morgan fingerprint density at radius 3 is 2.69 bits per heavy atom. The van der Waals surface area contributed by atoms with E-state index in [9.17, 15) is 22.8 Å². The van der Waals surface area contributed by atoms with Gasteiger partial charge in [-0.1, -0.05) is 18.5 Å². The quantitative estimate of drug-likeness (QED) is 0.544. The van der Waals surface area contributed by atoms with Crippen LogP contribution in [0.5, 0.6) is 0 Å². The molecule has 0 aromatic carbocycles. The number of pyridine rings is 1. The first kappa shape index (κ1) is 20.9. The first-order chi connectivity index (χ1) is 13.6. The molecule has 1 atom stereocenters. The second-order valence-electron chi connectivity index (χ2n) is 6.08. The van der Waals surface area contributed by atoms with E-state index in [1.54, 1.807) is 6.92 Å². The van der Waals surface area contributed by atoms with E-state index in [4.69, 9.17) is 11.6 Å². The zero-order valence-electron chi connectivity index (χ0n) is 14.7. The lowest BCUT2D eigenvalue weighted by molar-refractivity contribution is -0.137. The van der Waals surface area contributed by atoms with Gasteiger partial charge in [0, 0.05) is 24.7 Å². The van der Waals surface area contributed by atoms with Crippen LogP contribution in [0, 0.1) is 0 Å². The molecule has 2 N–H and O–H groups in total. The van der Waals surface area contributed by atoms with E-state index < -0.39 is 22.7 Å². The average molecular weight is 444 g/mol. The SMILES string of the molecule is C[C@@H](CC(=O)c1cn[nH]c1)c1ncc(C(=O)Nc2cc(C(F)(F)F)c(Cl)cn2)s1. The minimum absolute atomic E-state index is 0.127. The van der Waals surface area contributed by atoms with Crippen LogP contribution in [-0.4, -0.2) is 31.9 Å². The molecule has 0 bridgehead atoms. The highest BCUT2D eigenvalue weighted by Gasteiger charge is 2.34. The summed E-state index contributed by atoms with van der Waals surface area (Å²) in [6.07, 6.45) is 0.528. The van der Waals surface area contributed by atoms with Crippen molar-refractivity contribution in [2.24, 2.45) is 0 Å². The van der Waals surface area contributed by atoms with Gasteiger partial charge < -0.3 is 5.32 Å². The van der Waals surface area contributed by atoms with E-state index in [-0.39, 0.29) is 28.8 Å². The van der Waals surface area contributed by atoms with Crippen LogP contribution in [0.2, 0.25) is 5.02 Å². The molecule has 3 heterocycles. The molecule has 0 spiro atoms. The number of amides is 1. The number of aromatic amines is 1. The number of hydrogen-bond donors (Lipinski definition) is 2.